The standard InChI is InChI=1S/C14H25N3O4/c1-9-5-4-6-10(2)17(9)16-13(20)15-11-7-21-8-14(11,3)12(18)19/h9-11H,4-8H2,1-3H3,(H,18,19)(H2,15,16,20). The first kappa shape index (κ1) is 16.0. The van der Waals surface area contributed by atoms with Crippen LogP contribution in [0.1, 0.15) is 40.0 Å². The number of piperidine rings is 1. The zero-order valence-corrected chi connectivity index (χ0v) is 12.9. The fourth-order valence-electron chi connectivity index (χ4n) is 3.03. The summed E-state index contributed by atoms with van der Waals surface area (Å²) in [6, 6.07) is -0.320. The number of carbonyl (C=O) groups excluding carboxylic acids is 1. The Morgan fingerprint density at radius 2 is 1.90 bits per heavy atom. The SMILES string of the molecule is CC1CCCC(C)N1NC(=O)NC1COCC1(C)C(=O)O. The van der Waals surface area contributed by atoms with Crippen LogP contribution < -0.4 is 10.7 Å². The third kappa shape index (κ3) is 3.29. The van der Waals surface area contributed by atoms with Gasteiger partial charge in [0.15, 0.2) is 0 Å². The lowest BCUT2D eigenvalue weighted by Gasteiger charge is -2.39. The van der Waals surface area contributed by atoms with E-state index < -0.39 is 17.4 Å². The quantitative estimate of drug-likeness (QED) is 0.722. The van der Waals surface area contributed by atoms with Crippen molar-refractivity contribution in [3.05, 3.63) is 0 Å². The molecule has 21 heavy (non-hydrogen) atoms. The van der Waals surface area contributed by atoms with Crippen LogP contribution in [0.25, 0.3) is 0 Å². The fraction of sp³-hybridized carbons (Fsp3) is 0.857. The lowest BCUT2D eigenvalue weighted by atomic mass is 9.85. The van der Waals surface area contributed by atoms with Gasteiger partial charge in [0, 0.05) is 12.1 Å². The Labute approximate surface area is 125 Å². The molecule has 2 aliphatic rings. The lowest BCUT2D eigenvalue weighted by Crippen LogP contribution is -2.59. The molecule has 0 saturated carbocycles. The Kier molecular flexibility index (Phi) is 4.73. The van der Waals surface area contributed by atoms with Crippen LogP contribution in [-0.4, -0.2) is 53.5 Å². The summed E-state index contributed by atoms with van der Waals surface area (Å²) in [6.45, 7) is 6.09. The Hall–Kier alpha value is -1.34. The minimum Gasteiger partial charge on any atom is -0.481 e. The topological polar surface area (TPSA) is 90.9 Å². The number of ether oxygens (including phenoxy) is 1. The third-order valence-electron chi connectivity index (χ3n) is 4.67. The summed E-state index contributed by atoms with van der Waals surface area (Å²) in [5.74, 6) is -0.954. The van der Waals surface area contributed by atoms with Gasteiger partial charge in [0.25, 0.3) is 0 Å². The Bertz CT molecular complexity index is 407. The number of carboxylic acids is 1. The van der Waals surface area contributed by atoms with E-state index in [1.807, 2.05) is 5.01 Å². The summed E-state index contributed by atoms with van der Waals surface area (Å²) in [4.78, 5) is 23.5. The predicted octanol–water partition coefficient (Wildman–Crippen LogP) is 0.953. The highest BCUT2D eigenvalue weighted by molar-refractivity contribution is 5.79. The van der Waals surface area contributed by atoms with E-state index in [0.29, 0.717) is 0 Å². The second-order valence-electron chi connectivity index (χ2n) is 6.41. The number of hydrazine groups is 1. The van der Waals surface area contributed by atoms with Crippen molar-refractivity contribution in [3.63, 3.8) is 0 Å². The van der Waals surface area contributed by atoms with E-state index in [2.05, 4.69) is 24.6 Å². The van der Waals surface area contributed by atoms with Crippen molar-refractivity contribution in [3.8, 4) is 0 Å². The lowest BCUT2D eigenvalue weighted by molar-refractivity contribution is -0.148. The van der Waals surface area contributed by atoms with Crippen molar-refractivity contribution in [2.45, 2.75) is 58.2 Å². The van der Waals surface area contributed by atoms with Crippen LogP contribution in [0.15, 0.2) is 0 Å². The van der Waals surface area contributed by atoms with E-state index >= 15 is 0 Å². The molecule has 2 amide bonds. The second kappa shape index (κ2) is 6.19. The first-order chi connectivity index (χ1) is 9.84. The fourth-order valence-corrected chi connectivity index (χ4v) is 3.03. The van der Waals surface area contributed by atoms with Crippen LogP contribution in [0.4, 0.5) is 4.79 Å². The number of nitrogens with one attached hydrogen (secondary N) is 2. The zero-order chi connectivity index (χ0) is 15.6. The first-order valence-electron chi connectivity index (χ1n) is 7.51. The van der Waals surface area contributed by atoms with Crippen LogP contribution in [0.2, 0.25) is 0 Å². The van der Waals surface area contributed by atoms with E-state index in [9.17, 15) is 14.7 Å². The average molecular weight is 299 g/mol. The molecule has 4 atom stereocenters. The molecular formula is C14H25N3O4. The monoisotopic (exact) mass is 299 g/mol. The smallest absolute Gasteiger partial charge is 0.329 e. The summed E-state index contributed by atoms with van der Waals surface area (Å²) in [6.07, 6.45) is 3.25. The molecule has 7 heteroatoms. The molecule has 2 aliphatic heterocycles. The highest BCUT2D eigenvalue weighted by atomic mass is 16.5. The normalized spacial score (nSPS) is 37.2. The van der Waals surface area contributed by atoms with Crippen LogP contribution in [0, 0.1) is 5.41 Å². The van der Waals surface area contributed by atoms with Crippen LogP contribution in [-0.2, 0) is 9.53 Å². The van der Waals surface area contributed by atoms with E-state index in [0.717, 1.165) is 19.3 Å². The van der Waals surface area contributed by atoms with Gasteiger partial charge in [-0.3, -0.25) is 10.2 Å². The number of aliphatic carboxylic acids is 1. The van der Waals surface area contributed by atoms with Crippen molar-refractivity contribution in [1.82, 2.24) is 15.8 Å². The maximum Gasteiger partial charge on any atom is 0.329 e. The number of amides is 2. The van der Waals surface area contributed by atoms with E-state index in [1.54, 1.807) is 6.92 Å². The molecule has 0 aromatic carbocycles. The van der Waals surface area contributed by atoms with Gasteiger partial charge in [-0.25, -0.2) is 9.80 Å². The zero-order valence-electron chi connectivity index (χ0n) is 12.9. The number of hydrogen-bond donors (Lipinski definition) is 3. The number of rotatable bonds is 3. The highest BCUT2D eigenvalue weighted by Gasteiger charge is 2.47. The maximum atomic E-state index is 12.2. The molecule has 7 nitrogen and oxygen atoms in total. The van der Waals surface area contributed by atoms with Crippen molar-refractivity contribution >= 4 is 12.0 Å². The van der Waals surface area contributed by atoms with E-state index in [1.165, 1.54) is 0 Å². The van der Waals surface area contributed by atoms with Gasteiger partial charge in [0.05, 0.1) is 19.3 Å². The summed E-state index contributed by atoms with van der Waals surface area (Å²) < 4.78 is 5.23. The molecule has 4 unspecified atom stereocenters. The molecule has 120 valence electrons. The minimum atomic E-state index is -1.07. The Morgan fingerprint density at radius 1 is 1.29 bits per heavy atom. The molecule has 0 aliphatic carbocycles. The van der Waals surface area contributed by atoms with E-state index in [4.69, 9.17) is 4.74 Å². The van der Waals surface area contributed by atoms with Gasteiger partial charge in [0.2, 0.25) is 0 Å². The van der Waals surface area contributed by atoms with Crippen molar-refractivity contribution in [2.24, 2.45) is 5.41 Å². The van der Waals surface area contributed by atoms with Crippen molar-refractivity contribution in [2.75, 3.05) is 13.2 Å². The van der Waals surface area contributed by atoms with Crippen LogP contribution >= 0.6 is 0 Å². The molecule has 3 N–H and O–H groups in total. The molecule has 2 saturated heterocycles. The number of nitrogens with zero attached hydrogens (tertiary/aromatic N) is 1. The van der Waals surface area contributed by atoms with Gasteiger partial charge < -0.3 is 15.2 Å². The van der Waals surface area contributed by atoms with Gasteiger partial charge in [-0.05, 0) is 33.6 Å². The highest BCUT2D eigenvalue weighted by Crippen LogP contribution is 2.28. The third-order valence-corrected chi connectivity index (χ3v) is 4.67. The number of carboxylic acid groups (broad SMARTS) is 1. The van der Waals surface area contributed by atoms with Crippen LogP contribution in [0.3, 0.4) is 0 Å². The molecular weight excluding hydrogens is 274 g/mol. The second-order valence-corrected chi connectivity index (χ2v) is 6.41. The summed E-state index contributed by atoms with van der Waals surface area (Å²) in [5.41, 5.74) is 1.78. The average Bonchev–Trinajstić information content (AvgIpc) is 2.77. The molecule has 0 radical (unpaired) electrons. The van der Waals surface area contributed by atoms with Gasteiger partial charge in [-0.1, -0.05) is 6.42 Å². The number of carbonyl (C=O) groups is 2. The van der Waals surface area contributed by atoms with Crippen molar-refractivity contribution < 1.29 is 19.4 Å². The van der Waals surface area contributed by atoms with Gasteiger partial charge in [-0.2, -0.15) is 0 Å². The number of urea groups is 1. The molecule has 0 aromatic heterocycles. The minimum absolute atomic E-state index is 0.115. The largest absolute Gasteiger partial charge is 0.481 e. The van der Waals surface area contributed by atoms with Crippen molar-refractivity contribution in [1.29, 1.82) is 0 Å². The Morgan fingerprint density at radius 3 is 2.48 bits per heavy atom. The maximum absolute atomic E-state index is 12.2. The predicted molar refractivity (Wildman–Crippen MR) is 76.6 cm³/mol. The summed E-state index contributed by atoms with van der Waals surface area (Å²) in [5, 5.41) is 14.0. The molecule has 2 rings (SSSR count). The van der Waals surface area contributed by atoms with E-state index in [-0.39, 0.29) is 31.3 Å². The molecule has 2 heterocycles. The van der Waals surface area contributed by atoms with Gasteiger partial charge in [-0.15, -0.1) is 0 Å². The van der Waals surface area contributed by atoms with Gasteiger partial charge in [0.1, 0.15) is 5.41 Å². The Balaban J connectivity index is 1.94. The van der Waals surface area contributed by atoms with Gasteiger partial charge >= 0.3 is 12.0 Å². The summed E-state index contributed by atoms with van der Waals surface area (Å²) in [7, 11) is 0. The molecule has 0 spiro atoms. The summed E-state index contributed by atoms with van der Waals surface area (Å²) >= 11 is 0. The number of hydrogen-bond acceptors (Lipinski definition) is 4. The molecule has 2 fully saturated rings. The molecule has 0 bridgehead atoms. The first-order valence-corrected chi connectivity index (χ1v) is 7.51. The van der Waals surface area contributed by atoms with Crippen LogP contribution in [0.5, 0.6) is 0 Å². The molecule has 0 aromatic rings.